The molecular formula is C18H20ClN3O2. The third kappa shape index (κ3) is 2.69. The molecule has 2 heterocycles. The van der Waals surface area contributed by atoms with E-state index < -0.39 is 0 Å². The summed E-state index contributed by atoms with van der Waals surface area (Å²) >= 11 is 6.41. The van der Waals surface area contributed by atoms with E-state index in [-0.39, 0.29) is 5.56 Å². The van der Waals surface area contributed by atoms with E-state index in [4.69, 9.17) is 21.3 Å². The van der Waals surface area contributed by atoms with Crippen molar-refractivity contribution >= 4 is 22.6 Å². The van der Waals surface area contributed by atoms with E-state index >= 15 is 0 Å². The topological polar surface area (TPSA) is 59.9 Å². The number of benzene rings is 1. The van der Waals surface area contributed by atoms with Gasteiger partial charge in [-0.1, -0.05) is 37.1 Å². The van der Waals surface area contributed by atoms with Crippen LogP contribution in [0, 0.1) is 0 Å². The van der Waals surface area contributed by atoms with Gasteiger partial charge >= 0.3 is 0 Å². The minimum Gasteiger partial charge on any atom is -0.493 e. The maximum absolute atomic E-state index is 12.6. The van der Waals surface area contributed by atoms with Crippen molar-refractivity contribution in [3.8, 4) is 17.1 Å². The van der Waals surface area contributed by atoms with Crippen LogP contribution in [0.1, 0.15) is 25.8 Å². The summed E-state index contributed by atoms with van der Waals surface area (Å²) in [5, 5.41) is 0.570. The number of rotatable bonds is 5. The predicted octanol–water partition coefficient (Wildman–Crippen LogP) is 3.93. The first-order valence-electron chi connectivity index (χ1n) is 8.07. The van der Waals surface area contributed by atoms with Gasteiger partial charge < -0.3 is 14.3 Å². The van der Waals surface area contributed by atoms with Crippen molar-refractivity contribution in [3.05, 3.63) is 45.3 Å². The van der Waals surface area contributed by atoms with Crippen molar-refractivity contribution in [2.75, 3.05) is 6.61 Å². The van der Waals surface area contributed by atoms with E-state index in [9.17, 15) is 4.79 Å². The largest absolute Gasteiger partial charge is 0.493 e. The molecule has 6 heteroatoms. The zero-order valence-electron chi connectivity index (χ0n) is 14.0. The van der Waals surface area contributed by atoms with Gasteiger partial charge in [-0.3, -0.25) is 4.79 Å². The van der Waals surface area contributed by atoms with Crippen LogP contribution in [0.2, 0.25) is 5.15 Å². The molecule has 2 aromatic heterocycles. The fourth-order valence-electron chi connectivity index (χ4n) is 2.93. The Kier molecular flexibility index (Phi) is 4.62. The molecule has 0 unspecified atom stereocenters. The van der Waals surface area contributed by atoms with Gasteiger partial charge in [0.1, 0.15) is 27.8 Å². The molecule has 3 aromatic rings. The van der Waals surface area contributed by atoms with Gasteiger partial charge in [-0.25, -0.2) is 4.98 Å². The summed E-state index contributed by atoms with van der Waals surface area (Å²) in [4.78, 5) is 20.2. The average molecular weight is 346 g/mol. The van der Waals surface area contributed by atoms with Crippen LogP contribution in [0.15, 0.2) is 29.1 Å². The standard InChI is InChI=1S/C18H20ClN3O2/c1-4-8-12-14-15(22(3)16(12)19)18(23)21-17(20-14)11-9-6-7-10-13(11)24-5-2/h6-7,9-10H,4-5,8H2,1-3H3,(H,20,21,23). The molecule has 0 bridgehead atoms. The van der Waals surface area contributed by atoms with Crippen LogP contribution in [0.4, 0.5) is 0 Å². The summed E-state index contributed by atoms with van der Waals surface area (Å²) in [6, 6.07) is 7.55. The Morgan fingerprint density at radius 3 is 2.75 bits per heavy atom. The molecule has 0 saturated heterocycles. The summed E-state index contributed by atoms with van der Waals surface area (Å²) in [5.74, 6) is 1.19. The van der Waals surface area contributed by atoms with Crippen LogP contribution in [0.25, 0.3) is 22.4 Å². The smallest absolute Gasteiger partial charge is 0.275 e. The normalized spacial score (nSPS) is 11.2. The highest BCUT2D eigenvalue weighted by atomic mass is 35.5. The number of aromatic nitrogens is 3. The SMILES string of the molecule is CCCc1c(Cl)n(C)c2c(=O)[nH]c(-c3ccccc3OCC)nc12. The van der Waals surface area contributed by atoms with Crippen molar-refractivity contribution in [2.45, 2.75) is 26.7 Å². The number of aromatic amines is 1. The Balaban J connectivity index is 2.29. The number of fused-ring (bicyclic) bond motifs is 1. The van der Waals surface area contributed by atoms with E-state index in [1.54, 1.807) is 11.6 Å². The van der Waals surface area contributed by atoms with E-state index in [2.05, 4.69) is 11.9 Å². The van der Waals surface area contributed by atoms with Crippen LogP contribution >= 0.6 is 11.6 Å². The summed E-state index contributed by atoms with van der Waals surface area (Å²) in [5.41, 5.74) is 2.64. The molecule has 5 nitrogen and oxygen atoms in total. The fourth-order valence-corrected chi connectivity index (χ4v) is 3.20. The first-order chi connectivity index (χ1) is 11.6. The minimum absolute atomic E-state index is 0.201. The molecule has 0 radical (unpaired) electrons. The molecule has 0 atom stereocenters. The lowest BCUT2D eigenvalue weighted by Crippen LogP contribution is -2.12. The number of halogens is 1. The molecular weight excluding hydrogens is 326 g/mol. The van der Waals surface area contributed by atoms with Crippen LogP contribution in [-0.2, 0) is 13.5 Å². The van der Waals surface area contributed by atoms with E-state index in [1.165, 1.54) is 0 Å². The molecule has 0 aliphatic carbocycles. The summed E-state index contributed by atoms with van der Waals surface area (Å²) in [6.07, 6.45) is 1.71. The average Bonchev–Trinajstić information content (AvgIpc) is 2.81. The first-order valence-corrected chi connectivity index (χ1v) is 8.45. The van der Waals surface area contributed by atoms with Crippen molar-refractivity contribution < 1.29 is 4.74 Å². The molecule has 24 heavy (non-hydrogen) atoms. The zero-order valence-corrected chi connectivity index (χ0v) is 14.8. The third-order valence-corrected chi connectivity index (χ3v) is 4.48. The van der Waals surface area contributed by atoms with Crippen LogP contribution in [-0.4, -0.2) is 21.1 Å². The van der Waals surface area contributed by atoms with Gasteiger partial charge in [0.15, 0.2) is 0 Å². The zero-order chi connectivity index (χ0) is 17.3. The molecule has 1 aromatic carbocycles. The molecule has 0 aliphatic rings. The van der Waals surface area contributed by atoms with E-state index in [1.807, 2.05) is 31.2 Å². The summed E-state index contributed by atoms with van der Waals surface area (Å²) in [7, 11) is 1.79. The van der Waals surface area contributed by atoms with Gasteiger partial charge in [-0.05, 0) is 25.5 Å². The quantitative estimate of drug-likeness (QED) is 0.762. The molecule has 0 fully saturated rings. The first kappa shape index (κ1) is 16.6. The highest BCUT2D eigenvalue weighted by molar-refractivity contribution is 6.31. The Morgan fingerprint density at radius 2 is 2.04 bits per heavy atom. The maximum Gasteiger partial charge on any atom is 0.275 e. The van der Waals surface area contributed by atoms with Gasteiger partial charge in [-0.15, -0.1) is 0 Å². The second-order valence-electron chi connectivity index (χ2n) is 5.62. The summed E-state index contributed by atoms with van der Waals surface area (Å²) in [6.45, 7) is 4.54. The Labute approximate surface area is 145 Å². The van der Waals surface area contributed by atoms with Gasteiger partial charge in [0, 0.05) is 12.6 Å². The lowest BCUT2D eigenvalue weighted by Gasteiger charge is -2.09. The monoisotopic (exact) mass is 345 g/mol. The van der Waals surface area contributed by atoms with Crippen molar-refractivity contribution in [1.29, 1.82) is 0 Å². The lowest BCUT2D eigenvalue weighted by molar-refractivity contribution is 0.341. The van der Waals surface area contributed by atoms with Crippen LogP contribution < -0.4 is 10.3 Å². The number of nitrogens with one attached hydrogen (secondary N) is 1. The molecule has 0 spiro atoms. The van der Waals surface area contributed by atoms with Crippen molar-refractivity contribution in [1.82, 2.24) is 14.5 Å². The number of nitrogens with zero attached hydrogens (tertiary/aromatic N) is 2. The Bertz CT molecular complexity index is 943. The molecule has 3 rings (SSSR count). The van der Waals surface area contributed by atoms with Crippen molar-refractivity contribution in [3.63, 3.8) is 0 Å². The highest BCUT2D eigenvalue weighted by Gasteiger charge is 2.19. The number of hydrogen-bond acceptors (Lipinski definition) is 3. The third-order valence-electron chi connectivity index (χ3n) is 4.00. The van der Waals surface area contributed by atoms with Crippen LogP contribution in [0.5, 0.6) is 5.75 Å². The molecule has 0 aliphatic heterocycles. The summed E-state index contributed by atoms with van der Waals surface area (Å²) < 4.78 is 7.36. The minimum atomic E-state index is -0.201. The number of aryl methyl sites for hydroxylation is 2. The Morgan fingerprint density at radius 1 is 1.29 bits per heavy atom. The number of ether oxygens (including phenoxy) is 1. The Hall–Kier alpha value is -2.27. The second-order valence-corrected chi connectivity index (χ2v) is 5.98. The van der Waals surface area contributed by atoms with Gasteiger partial charge in [0.25, 0.3) is 5.56 Å². The lowest BCUT2D eigenvalue weighted by atomic mass is 10.1. The molecule has 1 N–H and O–H groups in total. The van der Waals surface area contributed by atoms with Gasteiger partial charge in [0.2, 0.25) is 0 Å². The molecule has 0 saturated carbocycles. The van der Waals surface area contributed by atoms with E-state index in [0.717, 1.165) is 24.0 Å². The number of H-pyrrole nitrogens is 1. The van der Waals surface area contributed by atoms with E-state index in [0.29, 0.717) is 34.4 Å². The predicted molar refractivity (Wildman–Crippen MR) is 96.9 cm³/mol. The maximum atomic E-state index is 12.6. The second kappa shape index (κ2) is 6.69. The highest BCUT2D eigenvalue weighted by Crippen LogP contribution is 2.31. The van der Waals surface area contributed by atoms with Gasteiger partial charge in [0.05, 0.1) is 12.2 Å². The van der Waals surface area contributed by atoms with Crippen molar-refractivity contribution in [2.24, 2.45) is 7.05 Å². The fraction of sp³-hybridized carbons (Fsp3) is 0.333. The van der Waals surface area contributed by atoms with Gasteiger partial charge in [-0.2, -0.15) is 0 Å². The number of hydrogen-bond donors (Lipinski definition) is 1. The molecule has 126 valence electrons. The van der Waals surface area contributed by atoms with Crippen LogP contribution in [0.3, 0.4) is 0 Å². The number of para-hydroxylation sites is 1. The molecule has 0 amide bonds.